The lowest BCUT2D eigenvalue weighted by Gasteiger charge is -2.25. The van der Waals surface area contributed by atoms with Gasteiger partial charge in [0, 0.05) is 30.9 Å². The average molecular weight is 577 g/mol. The zero-order valence-electron chi connectivity index (χ0n) is 24.4. The third kappa shape index (κ3) is 5.79. The predicted octanol–water partition coefficient (Wildman–Crippen LogP) is 1.98. The average Bonchev–Trinajstić information content (AvgIpc) is 2.94. The number of fused-ring (bicyclic) bond motifs is 3. The molecular formula is C30H36N6O6. The quantitative estimate of drug-likeness (QED) is 0.115. The number of carbonyl (C=O) groups is 2. The summed E-state index contributed by atoms with van der Waals surface area (Å²) in [5, 5.41) is 10.7. The highest BCUT2D eigenvalue weighted by Gasteiger charge is 2.24. The maximum Gasteiger partial charge on any atom is 0.330 e. The van der Waals surface area contributed by atoms with E-state index >= 15 is 0 Å². The Hall–Kier alpha value is -4.84. The van der Waals surface area contributed by atoms with Crippen molar-refractivity contribution in [2.75, 3.05) is 20.3 Å². The second-order valence-corrected chi connectivity index (χ2v) is 10.0. The molecule has 12 nitrogen and oxygen atoms in total. The first-order valence-corrected chi connectivity index (χ1v) is 13.5. The van der Waals surface area contributed by atoms with Crippen molar-refractivity contribution in [3.05, 3.63) is 80.3 Å². The highest BCUT2D eigenvalue weighted by atomic mass is 16.5. The number of methoxy groups -OCH3 is 1. The summed E-state index contributed by atoms with van der Waals surface area (Å²) in [6.07, 6.45) is 1.31. The van der Waals surface area contributed by atoms with E-state index < -0.39 is 17.4 Å². The Morgan fingerprint density at radius 3 is 2.40 bits per heavy atom. The number of aromatic nitrogens is 2. The fourth-order valence-corrected chi connectivity index (χ4v) is 5.23. The number of carbonyl (C=O) groups excluding carboxylic acids is 2. The molecule has 12 heteroatoms. The van der Waals surface area contributed by atoms with E-state index in [0.29, 0.717) is 53.0 Å². The molecule has 3 aromatic rings. The summed E-state index contributed by atoms with van der Waals surface area (Å²) in [6.45, 7) is 8.21. The molecule has 0 aliphatic carbocycles. The minimum Gasteiger partial charge on any atom is -0.493 e. The van der Waals surface area contributed by atoms with Crippen LogP contribution in [-0.4, -0.2) is 51.5 Å². The molecule has 0 radical (unpaired) electrons. The number of hydroxylamine groups is 2. The number of ether oxygens (including phenoxy) is 2. The Labute approximate surface area is 243 Å². The van der Waals surface area contributed by atoms with Crippen LogP contribution in [0.1, 0.15) is 29.2 Å². The van der Waals surface area contributed by atoms with E-state index in [1.54, 1.807) is 11.7 Å². The number of nitrogens with zero attached hydrogens (tertiary/aromatic N) is 4. The molecule has 222 valence electrons. The smallest absolute Gasteiger partial charge is 0.330 e. The Kier molecular flexibility index (Phi) is 8.86. The Morgan fingerprint density at radius 1 is 1.12 bits per heavy atom. The topological polar surface area (TPSA) is 167 Å². The third-order valence-corrected chi connectivity index (χ3v) is 7.16. The second-order valence-electron chi connectivity index (χ2n) is 10.0. The highest BCUT2D eigenvalue weighted by Crippen LogP contribution is 2.37. The second kappa shape index (κ2) is 12.4. The minimum absolute atomic E-state index is 0.125. The summed E-state index contributed by atoms with van der Waals surface area (Å²) in [5.41, 5.74) is 16.0. The van der Waals surface area contributed by atoms with Gasteiger partial charge in [-0.1, -0.05) is 17.7 Å². The molecule has 2 heterocycles. The molecule has 1 aliphatic rings. The number of nitrogens with two attached hydrogens (primary N) is 2. The maximum absolute atomic E-state index is 14.0. The summed E-state index contributed by atoms with van der Waals surface area (Å²) in [7, 11) is 1.56. The van der Waals surface area contributed by atoms with Gasteiger partial charge in [0.15, 0.2) is 11.5 Å². The lowest BCUT2D eigenvalue weighted by atomic mass is 9.97. The number of benzene rings is 2. The summed E-state index contributed by atoms with van der Waals surface area (Å²) in [4.78, 5) is 43.0. The van der Waals surface area contributed by atoms with Crippen LogP contribution >= 0.6 is 0 Å². The standard InChI is InChI=1S/C30H36N6O6/c1-6-42-25-13-20-7-8-34-23(21(20)14-24(25)41-5)15-26(33-27-18(3)11-17(2)12-19(27)4)35(30(34)39)9-10-36(40)29(38)22(16-31)28(32)37/h11-16,40H,6-10,31H2,1-5H3,(H2,32,37)/b22-16+,33-26+. The summed E-state index contributed by atoms with van der Waals surface area (Å²) in [5.74, 6) is -0.973. The Morgan fingerprint density at radius 2 is 1.81 bits per heavy atom. The van der Waals surface area contributed by atoms with Gasteiger partial charge in [0.2, 0.25) is 0 Å². The molecule has 0 saturated carbocycles. The molecule has 5 N–H and O–H groups in total. The summed E-state index contributed by atoms with van der Waals surface area (Å²) >= 11 is 0. The molecule has 0 atom stereocenters. The van der Waals surface area contributed by atoms with Crippen molar-refractivity contribution in [3.8, 4) is 22.8 Å². The van der Waals surface area contributed by atoms with Crippen molar-refractivity contribution >= 4 is 17.5 Å². The van der Waals surface area contributed by atoms with Gasteiger partial charge in [0.05, 0.1) is 31.6 Å². The summed E-state index contributed by atoms with van der Waals surface area (Å²) in [6, 6.07) is 9.63. The van der Waals surface area contributed by atoms with E-state index in [-0.39, 0.29) is 18.8 Å². The van der Waals surface area contributed by atoms with Crippen molar-refractivity contribution in [1.29, 1.82) is 0 Å². The van der Waals surface area contributed by atoms with Gasteiger partial charge >= 0.3 is 5.69 Å². The number of hydrogen-bond acceptors (Lipinski definition) is 8. The van der Waals surface area contributed by atoms with E-state index in [4.69, 9.17) is 25.9 Å². The first-order chi connectivity index (χ1) is 20.0. The largest absolute Gasteiger partial charge is 0.493 e. The molecule has 0 bridgehead atoms. The SMILES string of the molecule is CCOc1cc2c(cc1OC)-c1c/c(=N\c3c(C)cc(C)cc3C)n(CCN(O)C(=O)/C(=C/N)C(N)=O)c(=O)n1CC2. The normalized spacial score (nSPS) is 12.9. The number of hydrogen-bond donors (Lipinski definition) is 3. The molecule has 4 rings (SSSR count). The molecule has 0 fully saturated rings. The fraction of sp³-hybridized carbons (Fsp3) is 0.333. The van der Waals surface area contributed by atoms with Crippen LogP contribution in [0.25, 0.3) is 11.3 Å². The van der Waals surface area contributed by atoms with Gasteiger partial charge in [-0.05, 0) is 62.9 Å². The minimum atomic E-state index is -1.08. The van der Waals surface area contributed by atoms with Crippen LogP contribution in [-0.2, 0) is 29.1 Å². The van der Waals surface area contributed by atoms with Crippen molar-refractivity contribution in [1.82, 2.24) is 14.2 Å². The van der Waals surface area contributed by atoms with Crippen LogP contribution < -0.4 is 32.1 Å². The maximum atomic E-state index is 14.0. The number of rotatable bonds is 9. The van der Waals surface area contributed by atoms with E-state index in [2.05, 4.69) is 0 Å². The van der Waals surface area contributed by atoms with Gasteiger partial charge in [-0.15, -0.1) is 0 Å². The monoisotopic (exact) mass is 576 g/mol. The van der Waals surface area contributed by atoms with Gasteiger partial charge in [0.25, 0.3) is 11.8 Å². The van der Waals surface area contributed by atoms with E-state index in [1.807, 2.05) is 58.0 Å². The number of aryl methyl sites for hydroxylation is 4. The van der Waals surface area contributed by atoms with Gasteiger partial charge < -0.3 is 20.9 Å². The van der Waals surface area contributed by atoms with Crippen LogP contribution in [0.4, 0.5) is 5.69 Å². The molecule has 0 saturated heterocycles. The first-order valence-electron chi connectivity index (χ1n) is 13.5. The number of primary amides is 1. The van der Waals surface area contributed by atoms with Crippen LogP contribution in [0, 0.1) is 20.8 Å². The van der Waals surface area contributed by atoms with Crippen LogP contribution in [0.5, 0.6) is 11.5 Å². The van der Waals surface area contributed by atoms with Gasteiger partial charge in [0.1, 0.15) is 11.1 Å². The van der Waals surface area contributed by atoms with E-state index in [9.17, 15) is 19.6 Å². The highest BCUT2D eigenvalue weighted by molar-refractivity contribution is 6.17. The third-order valence-electron chi connectivity index (χ3n) is 7.16. The van der Waals surface area contributed by atoms with Crippen LogP contribution in [0.3, 0.4) is 0 Å². The van der Waals surface area contributed by atoms with Gasteiger partial charge in [-0.2, -0.15) is 0 Å². The molecule has 1 aromatic heterocycles. The number of amides is 2. The molecule has 0 spiro atoms. The molecule has 2 aromatic carbocycles. The Bertz CT molecular complexity index is 1700. The zero-order valence-corrected chi connectivity index (χ0v) is 24.4. The van der Waals surface area contributed by atoms with E-state index in [1.165, 1.54) is 4.57 Å². The van der Waals surface area contributed by atoms with E-state index in [0.717, 1.165) is 34.0 Å². The van der Waals surface area contributed by atoms with Gasteiger partial charge in [-0.25, -0.2) is 14.9 Å². The predicted molar refractivity (Wildman–Crippen MR) is 156 cm³/mol. The van der Waals surface area contributed by atoms with Crippen molar-refractivity contribution in [2.24, 2.45) is 16.5 Å². The molecular weight excluding hydrogens is 540 g/mol. The molecule has 42 heavy (non-hydrogen) atoms. The lowest BCUT2D eigenvalue weighted by molar-refractivity contribution is -0.161. The van der Waals surface area contributed by atoms with Crippen molar-refractivity contribution in [2.45, 2.75) is 47.2 Å². The first kappa shape index (κ1) is 30.1. The fourth-order valence-electron chi connectivity index (χ4n) is 5.23. The van der Waals surface area contributed by atoms with Crippen LogP contribution in [0.15, 0.2) is 51.9 Å². The summed E-state index contributed by atoms with van der Waals surface area (Å²) < 4.78 is 14.4. The molecule has 0 unspecified atom stereocenters. The lowest BCUT2D eigenvalue weighted by Crippen LogP contribution is -2.45. The van der Waals surface area contributed by atoms with Crippen LogP contribution in [0.2, 0.25) is 0 Å². The van der Waals surface area contributed by atoms with Crippen molar-refractivity contribution < 1.29 is 24.3 Å². The Balaban J connectivity index is 1.90. The van der Waals surface area contributed by atoms with Gasteiger partial charge in [-0.3, -0.25) is 23.9 Å². The zero-order chi connectivity index (χ0) is 30.7. The van der Waals surface area contributed by atoms with Crippen molar-refractivity contribution in [3.63, 3.8) is 0 Å². The molecule has 2 amide bonds. The molecule has 1 aliphatic heterocycles.